The zero-order chi connectivity index (χ0) is 38.1. The summed E-state index contributed by atoms with van der Waals surface area (Å²) in [4.78, 5) is 15.4. The van der Waals surface area contributed by atoms with Crippen LogP contribution in [0.15, 0.2) is 129 Å². The molecule has 0 spiro atoms. The summed E-state index contributed by atoms with van der Waals surface area (Å²) in [6, 6.07) is 31.3. The van der Waals surface area contributed by atoms with Gasteiger partial charge in [0, 0.05) is 43.4 Å². The molecule has 0 aliphatic heterocycles. The molecule has 4 aromatic heterocycles. The Morgan fingerprint density at radius 3 is 2.34 bits per heavy atom. The van der Waals surface area contributed by atoms with Crippen LogP contribution in [-0.2, 0) is 12.8 Å². The lowest BCUT2D eigenvalue weighted by atomic mass is 9.83. The first kappa shape index (κ1) is 32.1. The molecular formula is C52H35N3O3. The third-order valence-electron chi connectivity index (χ3n) is 12.6. The van der Waals surface area contributed by atoms with Crippen LogP contribution >= 0.6 is 0 Å². The van der Waals surface area contributed by atoms with Gasteiger partial charge in [0.25, 0.3) is 0 Å². The quantitative estimate of drug-likeness (QED) is 0.178. The van der Waals surface area contributed by atoms with Crippen LogP contribution in [0.4, 0.5) is 0 Å². The van der Waals surface area contributed by atoms with E-state index >= 15 is 0 Å². The van der Waals surface area contributed by atoms with Crippen LogP contribution < -0.4 is 5.42 Å². The smallest absolute Gasteiger partial charge is 0.179 e. The largest absolute Gasteiger partial charge is 0.456 e. The first-order valence-corrected chi connectivity index (χ1v) is 20.3. The summed E-state index contributed by atoms with van der Waals surface area (Å²) in [6.07, 6.45) is 18.7. The second-order valence-electron chi connectivity index (χ2n) is 16.1. The van der Waals surface area contributed by atoms with Crippen molar-refractivity contribution in [2.45, 2.75) is 39.0 Å². The van der Waals surface area contributed by atoms with Gasteiger partial charge >= 0.3 is 0 Å². The maximum absolute atomic E-state index is 6.95. The van der Waals surface area contributed by atoms with Crippen LogP contribution in [0.3, 0.4) is 0 Å². The number of rotatable bonds is 4. The van der Waals surface area contributed by atoms with Gasteiger partial charge in [-0.2, -0.15) is 0 Å². The van der Waals surface area contributed by atoms with E-state index in [1.54, 1.807) is 0 Å². The Hall–Kier alpha value is -7.05. The van der Waals surface area contributed by atoms with E-state index in [1.807, 2.05) is 36.4 Å². The van der Waals surface area contributed by atoms with Gasteiger partial charge in [-0.25, -0.2) is 15.0 Å². The number of furan rings is 3. The molecule has 3 aliphatic rings. The topological polar surface area (TPSA) is 78.1 Å². The Kier molecular flexibility index (Phi) is 6.63. The normalized spacial score (nSPS) is 16.3. The number of para-hydroxylation sites is 1. The molecule has 0 amide bonds. The highest BCUT2D eigenvalue weighted by molar-refractivity contribution is 6.26. The Bertz CT molecular complexity index is 3560. The van der Waals surface area contributed by atoms with Crippen molar-refractivity contribution in [3.8, 4) is 34.2 Å². The highest BCUT2D eigenvalue weighted by Gasteiger charge is 2.28. The third-order valence-corrected chi connectivity index (χ3v) is 12.6. The van der Waals surface area contributed by atoms with Crippen LogP contribution in [0.25, 0.3) is 118 Å². The minimum absolute atomic E-state index is 0.493. The second kappa shape index (κ2) is 12.0. The average molecular weight is 750 g/mol. The van der Waals surface area contributed by atoms with E-state index in [0.29, 0.717) is 23.4 Å². The standard InChI is InChI=1S/C52H35N3O3/c1-28-11-7-14-30(25-28)32-17-9-21-41-44(32)37-24-23-31(26-43(37)56-41)51-53-50(29-12-3-2-4-13-29)54-52(55-51)38-20-8-19-36-40-27-39-34-16-6-5-15-33(34)35-18-10-22-42-45(35)46(39)49(57-42)48(40)58-47(36)38/h2-4,6-9,11-14,16-17,19-24,26-28H,5,10,15,18,25H2,1H3. The van der Waals surface area contributed by atoms with Crippen molar-refractivity contribution in [3.05, 3.63) is 143 Å². The second-order valence-corrected chi connectivity index (χ2v) is 16.1. The maximum atomic E-state index is 6.95. The van der Waals surface area contributed by atoms with Crippen molar-refractivity contribution in [1.29, 1.82) is 0 Å². The summed E-state index contributed by atoms with van der Waals surface area (Å²) in [5.74, 6) is 2.18. The van der Waals surface area contributed by atoms with Gasteiger partial charge < -0.3 is 13.3 Å². The Labute approximate surface area is 332 Å². The summed E-state index contributed by atoms with van der Waals surface area (Å²) >= 11 is 0. The molecule has 6 aromatic carbocycles. The summed E-state index contributed by atoms with van der Waals surface area (Å²) < 4.78 is 20.3. The van der Waals surface area contributed by atoms with Gasteiger partial charge in [-0.15, -0.1) is 0 Å². The van der Waals surface area contributed by atoms with E-state index in [-0.39, 0.29) is 0 Å². The van der Waals surface area contributed by atoms with Crippen LogP contribution in [0.2, 0.25) is 0 Å². The maximum Gasteiger partial charge on any atom is 0.179 e. The molecule has 58 heavy (non-hydrogen) atoms. The fourth-order valence-electron chi connectivity index (χ4n) is 9.99. The molecule has 0 fully saturated rings. The van der Waals surface area contributed by atoms with E-state index in [9.17, 15) is 0 Å². The Balaban J connectivity index is 1.02. The fourth-order valence-corrected chi connectivity index (χ4v) is 9.99. The zero-order valence-electron chi connectivity index (χ0n) is 31.8. The predicted molar refractivity (Wildman–Crippen MR) is 234 cm³/mol. The number of hydrogen-bond donors (Lipinski definition) is 0. The molecule has 13 rings (SSSR count). The average Bonchev–Trinajstić information content (AvgIpc) is 3.98. The van der Waals surface area contributed by atoms with E-state index in [2.05, 4.69) is 98.0 Å². The van der Waals surface area contributed by atoms with Gasteiger partial charge in [0.2, 0.25) is 0 Å². The molecule has 0 bridgehead atoms. The van der Waals surface area contributed by atoms with Crippen LogP contribution in [0.5, 0.6) is 0 Å². The number of aryl methyl sites for hydroxylation is 1. The van der Waals surface area contributed by atoms with Gasteiger partial charge in [0.05, 0.1) is 5.56 Å². The van der Waals surface area contributed by atoms with Crippen LogP contribution in [0.1, 0.15) is 48.4 Å². The summed E-state index contributed by atoms with van der Waals surface area (Å²) in [7, 11) is 0. The molecule has 0 saturated heterocycles. The van der Waals surface area contributed by atoms with Crippen molar-refractivity contribution in [3.63, 3.8) is 0 Å². The lowest BCUT2D eigenvalue weighted by Crippen LogP contribution is -2.10. The Morgan fingerprint density at radius 1 is 0.586 bits per heavy atom. The molecular weight excluding hydrogens is 715 g/mol. The number of hydrogen-bond acceptors (Lipinski definition) is 6. The molecule has 276 valence electrons. The highest BCUT2D eigenvalue weighted by atomic mass is 16.4. The lowest BCUT2D eigenvalue weighted by molar-refractivity contribution is 0.570. The van der Waals surface area contributed by atoms with Crippen molar-refractivity contribution in [1.82, 2.24) is 15.0 Å². The van der Waals surface area contributed by atoms with Crippen molar-refractivity contribution < 1.29 is 13.3 Å². The van der Waals surface area contributed by atoms with Crippen molar-refractivity contribution in [2.75, 3.05) is 0 Å². The van der Waals surface area contributed by atoms with Gasteiger partial charge in [-0.1, -0.05) is 98.0 Å². The summed E-state index contributed by atoms with van der Waals surface area (Å²) in [5, 5.41) is 7.91. The molecule has 0 radical (unpaired) electrons. The highest BCUT2D eigenvalue weighted by Crippen LogP contribution is 2.46. The molecule has 10 aromatic rings. The minimum Gasteiger partial charge on any atom is -0.456 e. The van der Waals surface area contributed by atoms with Gasteiger partial charge in [0.15, 0.2) is 28.6 Å². The summed E-state index contributed by atoms with van der Waals surface area (Å²) in [5.41, 5.74) is 14.3. The van der Waals surface area contributed by atoms with E-state index < -0.39 is 0 Å². The molecule has 4 heterocycles. The number of allylic oxidation sites excluding steroid dienone is 5. The van der Waals surface area contributed by atoms with E-state index in [0.717, 1.165) is 104 Å². The molecule has 1 unspecified atom stereocenters. The predicted octanol–water partition coefficient (Wildman–Crippen LogP) is 13.0. The van der Waals surface area contributed by atoms with Crippen LogP contribution in [-0.4, -0.2) is 15.0 Å². The lowest BCUT2D eigenvalue weighted by Gasteiger charge is -2.20. The molecule has 0 saturated carbocycles. The summed E-state index contributed by atoms with van der Waals surface area (Å²) in [6.45, 7) is 2.26. The SMILES string of the molecule is CC1C=CC=C(c2cccc3oc4cc(-c5nc(-c6ccccc6)nc(-c6cccc7c6oc6c7cc7c8c(c9c%10c(oc6c7%10)=CCC9)CCC=C8)n5)ccc4c23)C1. The van der Waals surface area contributed by atoms with E-state index in [4.69, 9.17) is 28.2 Å². The van der Waals surface area contributed by atoms with E-state index in [1.165, 1.54) is 44.0 Å². The van der Waals surface area contributed by atoms with Crippen LogP contribution in [0, 0.1) is 5.92 Å². The fraction of sp³-hybridized carbons (Fsp3) is 0.135. The van der Waals surface area contributed by atoms with Gasteiger partial charge in [0.1, 0.15) is 22.2 Å². The monoisotopic (exact) mass is 749 g/mol. The first-order valence-electron chi connectivity index (χ1n) is 20.3. The third kappa shape index (κ3) is 4.57. The Morgan fingerprint density at radius 2 is 1.43 bits per heavy atom. The molecule has 6 heteroatoms. The molecule has 0 N–H and O–H groups in total. The number of benzene rings is 6. The van der Waals surface area contributed by atoms with Crippen molar-refractivity contribution in [2.24, 2.45) is 5.92 Å². The molecule has 3 aliphatic carbocycles. The minimum atomic E-state index is 0.493. The van der Waals surface area contributed by atoms with Crippen molar-refractivity contribution >= 4 is 83.3 Å². The first-order chi connectivity index (χ1) is 28.6. The number of fused-ring (bicyclic) bond motifs is 10. The van der Waals surface area contributed by atoms with Gasteiger partial charge in [-0.3, -0.25) is 0 Å². The number of nitrogens with zero attached hydrogens (tertiary/aromatic N) is 3. The molecule has 1 atom stereocenters. The molecule has 6 nitrogen and oxygen atoms in total. The zero-order valence-corrected chi connectivity index (χ0v) is 31.8. The number of aromatic nitrogens is 3. The van der Waals surface area contributed by atoms with Gasteiger partial charge in [-0.05, 0) is 108 Å².